The van der Waals surface area contributed by atoms with Gasteiger partial charge >= 0.3 is 0 Å². The Bertz CT molecular complexity index is 280. The lowest BCUT2D eigenvalue weighted by Gasteiger charge is -2.17. The van der Waals surface area contributed by atoms with Gasteiger partial charge in [0.1, 0.15) is 0 Å². The lowest BCUT2D eigenvalue weighted by atomic mass is 10.0. The minimum absolute atomic E-state index is 0.713. The van der Waals surface area contributed by atoms with Crippen LogP contribution >= 0.6 is 11.3 Å². The van der Waals surface area contributed by atoms with Gasteiger partial charge in [-0.15, -0.1) is 11.3 Å². The number of hydrogen-bond donors (Lipinski definition) is 1. The Hall–Kier alpha value is -0.340. The van der Waals surface area contributed by atoms with Crippen molar-refractivity contribution >= 4 is 11.3 Å². The molecule has 0 saturated heterocycles. The summed E-state index contributed by atoms with van der Waals surface area (Å²) in [6.45, 7) is 7.86. The van der Waals surface area contributed by atoms with Crippen LogP contribution in [0.25, 0.3) is 0 Å². The summed E-state index contributed by atoms with van der Waals surface area (Å²) < 4.78 is 0. The molecule has 1 aromatic rings. The molecule has 1 nitrogen and oxygen atoms in total. The van der Waals surface area contributed by atoms with E-state index in [-0.39, 0.29) is 0 Å². The number of thiophene rings is 1. The predicted octanol–water partition coefficient (Wildman–Crippen LogP) is 4.16. The molecule has 0 fully saturated rings. The molecule has 0 amide bonds. The number of aryl methyl sites for hydroxylation is 2. The first kappa shape index (κ1) is 13.7. The lowest BCUT2D eigenvalue weighted by Crippen LogP contribution is -2.30. The predicted molar refractivity (Wildman–Crippen MR) is 74.4 cm³/mol. The average Bonchev–Trinajstić information content (AvgIpc) is 2.68. The fourth-order valence-electron chi connectivity index (χ4n) is 2.02. The second-order valence-electron chi connectivity index (χ2n) is 4.54. The highest BCUT2D eigenvalue weighted by atomic mass is 32.1. The molecule has 0 radical (unpaired) electrons. The molecule has 1 aromatic heterocycles. The van der Waals surface area contributed by atoms with E-state index in [0.29, 0.717) is 6.04 Å². The maximum absolute atomic E-state index is 3.65. The summed E-state index contributed by atoms with van der Waals surface area (Å²) in [5.41, 5.74) is 1.52. The van der Waals surface area contributed by atoms with Crippen molar-refractivity contribution in [2.24, 2.45) is 0 Å². The molecule has 1 rings (SSSR count). The van der Waals surface area contributed by atoms with E-state index in [4.69, 9.17) is 0 Å². The van der Waals surface area contributed by atoms with E-state index in [9.17, 15) is 0 Å². The zero-order chi connectivity index (χ0) is 11.8. The van der Waals surface area contributed by atoms with Crippen molar-refractivity contribution in [3.63, 3.8) is 0 Å². The van der Waals surface area contributed by atoms with Gasteiger partial charge in [-0.3, -0.25) is 0 Å². The summed E-state index contributed by atoms with van der Waals surface area (Å²) in [7, 11) is 0. The van der Waals surface area contributed by atoms with Crippen molar-refractivity contribution in [3.8, 4) is 0 Å². The summed E-state index contributed by atoms with van der Waals surface area (Å²) in [6.07, 6.45) is 6.33. The summed E-state index contributed by atoms with van der Waals surface area (Å²) in [5.74, 6) is 0. The quantitative estimate of drug-likeness (QED) is 0.718. The number of rotatable bonds is 8. The molecule has 1 heterocycles. The molecule has 0 aromatic carbocycles. The first-order valence-electron chi connectivity index (χ1n) is 6.53. The van der Waals surface area contributed by atoms with Crippen LogP contribution in [0.1, 0.15) is 50.0 Å². The lowest BCUT2D eigenvalue weighted by molar-refractivity contribution is 0.449. The Morgan fingerprint density at radius 1 is 1.25 bits per heavy atom. The molecule has 1 N–H and O–H groups in total. The topological polar surface area (TPSA) is 12.0 Å². The summed E-state index contributed by atoms with van der Waals surface area (Å²) in [6, 6.07) is 3.04. The Morgan fingerprint density at radius 2 is 2.06 bits per heavy atom. The van der Waals surface area contributed by atoms with Gasteiger partial charge in [0.05, 0.1) is 0 Å². The van der Waals surface area contributed by atoms with Crippen molar-refractivity contribution in [1.29, 1.82) is 0 Å². The van der Waals surface area contributed by atoms with Gasteiger partial charge in [-0.05, 0) is 56.2 Å². The zero-order valence-electron chi connectivity index (χ0n) is 10.9. The largest absolute Gasteiger partial charge is 0.314 e. The van der Waals surface area contributed by atoms with Crippen LogP contribution in [0.2, 0.25) is 0 Å². The van der Waals surface area contributed by atoms with Crippen molar-refractivity contribution < 1.29 is 0 Å². The molecule has 92 valence electrons. The van der Waals surface area contributed by atoms with Crippen LogP contribution in [0.15, 0.2) is 11.4 Å². The zero-order valence-corrected chi connectivity index (χ0v) is 11.7. The van der Waals surface area contributed by atoms with Gasteiger partial charge in [0.25, 0.3) is 0 Å². The Kier molecular flexibility index (Phi) is 6.74. The maximum atomic E-state index is 3.65. The smallest absolute Gasteiger partial charge is 0.00701 e. The van der Waals surface area contributed by atoms with E-state index in [1.165, 1.54) is 42.5 Å². The summed E-state index contributed by atoms with van der Waals surface area (Å²) >= 11 is 1.87. The molecular formula is C14H25NS. The Balaban J connectivity index is 2.30. The molecule has 0 saturated carbocycles. The van der Waals surface area contributed by atoms with Gasteiger partial charge in [0.15, 0.2) is 0 Å². The van der Waals surface area contributed by atoms with Gasteiger partial charge in [-0.1, -0.05) is 20.3 Å². The van der Waals surface area contributed by atoms with Gasteiger partial charge in [-0.25, -0.2) is 0 Å². The van der Waals surface area contributed by atoms with Crippen LogP contribution in [0.3, 0.4) is 0 Å². The number of nitrogens with one attached hydrogen (secondary N) is 1. The molecule has 1 unspecified atom stereocenters. The average molecular weight is 239 g/mol. The van der Waals surface area contributed by atoms with Crippen molar-refractivity contribution in [3.05, 3.63) is 21.9 Å². The molecular weight excluding hydrogens is 214 g/mol. The van der Waals surface area contributed by atoms with E-state index >= 15 is 0 Å². The van der Waals surface area contributed by atoms with Gasteiger partial charge in [0.2, 0.25) is 0 Å². The van der Waals surface area contributed by atoms with Gasteiger partial charge < -0.3 is 5.32 Å². The van der Waals surface area contributed by atoms with Crippen LogP contribution in [-0.2, 0) is 6.42 Å². The van der Waals surface area contributed by atoms with E-state index in [1.54, 1.807) is 0 Å². The summed E-state index contributed by atoms with van der Waals surface area (Å²) in [5, 5.41) is 5.95. The molecule has 1 atom stereocenters. The second kappa shape index (κ2) is 7.86. The minimum Gasteiger partial charge on any atom is -0.314 e. The van der Waals surface area contributed by atoms with Crippen molar-refractivity contribution in [2.75, 3.05) is 6.54 Å². The minimum atomic E-state index is 0.713. The van der Waals surface area contributed by atoms with Crippen LogP contribution in [0.5, 0.6) is 0 Å². The third-order valence-electron chi connectivity index (χ3n) is 2.89. The maximum Gasteiger partial charge on any atom is 0.00701 e. The molecule has 0 spiro atoms. The van der Waals surface area contributed by atoms with Crippen LogP contribution in [0.4, 0.5) is 0 Å². The van der Waals surface area contributed by atoms with E-state index in [2.05, 4.69) is 37.5 Å². The van der Waals surface area contributed by atoms with Gasteiger partial charge in [-0.2, -0.15) is 0 Å². The fraction of sp³-hybridized carbons (Fsp3) is 0.714. The highest BCUT2D eigenvalue weighted by Gasteiger charge is 2.07. The molecule has 0 aliphatic carbocycles. The molecule has 0 aliphatic rings. The van der Waals surface area contributed by atoms with Crippen molar-refractivity contribution in [2.45, 2.75) is 58.9 Å². The normalized spacial score (nSPS) is 12.9. The SMILES string of the molecule is CCCNC(CCC)CCc1csc(C)c1. The van der Waals surface area contributed by atoms with Crippen LogP contribution < -0.4 is 5.32 Å². The Labute approximate surface area is 104 Å². The first-order valence-corrected chi connectivity index (χ1v) is 7.41. The molecule has 2 heteroatoms. The second-order valence-corrected chi connectivity index (χ2v) is 5.66. The van der Waals surface area contributed by atoms with E-state index in [0.717, 1.165) is 6.54 Å². The number of hydrogen-bond acceptors (Lipinski definition) is 2. The first-order chi connectivity index (χ1) is 7.76. The standard InChI is InChI=1S/C14H25NS/c1-4-6-14(15-9-5-2)8-7-13-10-12(3)16-11-13/h10-11,14-15H,4-9H2,1-3H3. The van der Waals surface area contributed by atoms with Crippen LogP contribution in [-0.4, -0.2) is 12.6 Å². The fourth-order valence-corrected chi connectivity index (χ4v) is 2.76. The van der Waals surface area contributed by atoms with Crippen LogP contribution in [0, 0.1) is 6.92 Å². The summed E-state index contributed by atoms with van der Waals surface area (Å²) in [4.78, 5) is 1.43. The molecule has 16 heavy (non-hydrogen) atoms. The molecule has 0 bridgehead atoms. The van der Waals surface area contributed by atoms with Crippen molar-refractivity contribution in [1.82, 2.24) is 5.32 Å². The van der Waals surface area contributed by atoms with E-state index in [1.807, 2.05) is 11.3 Å². The Morgan fingerprint density at radius 3 is 2.62 bits per heavy atom. The monoisotopic (exact) mass is 239 g/mol. The third kappa shape index (κ3) is 5.13. The van der Waals surface area contributed by atoms with Gasteiger partial charge in [0, 0.05) is 10.9 Å². The highest BCUT2D eigenvalue weighted by Crippen LogP contribution is 2.16. The van der Waals surface area contributed by atoms with E-state index < -0.39 is 0 Å². The highest BCUT2D eigenvalue weighted by molar-refractivity contribution is 7.10. The third-order valence-corrected chi connectivity index (χ3v) is 3.80. The molecule has 0 aliphatic heterocycles.